The summed E-state index contributed by atoms with van der Waals surface area (Å²) in [6.45, 7) is 4.10. The molecular weight excluding hydrogens is 284 g/mol. The van der Waals surface area contributed by atoms with E-state index in [1.165, 1.54) is 0 Å². The number of carbonyl (C=O) groups excluding carboxylic acids is 1. The summed E-state index contributed by atoms with van der Waals surface area (Å²) >= 11 is 5.79. The molecule has 9 heteroatoms. The van der Waals surface area contributed by atoms with Crippen molar-refractivity contribution in [1.29, 1.82) is 0 Å². The van der Waals surface area contributed by atoms with Gasteiger partial charge in [-0.2, -0.15) is 15.0 Å². The van der Waals surface area contributed by atoms with Gasteiger partial charge >= 0.3 is 0 Å². The lowest BCUT2D eigenvalue weighted by Crippen LogP contribution is -2.47. The maximum absolute atomic E-state index is 12.2. The summed E-state index contributed by atoms with van der Waals surface area (Å²) in [6.07, 6.45) is 0. The first-order valence-corrected chi connectivity index (χ1v) is 6.70. The number of nitrogens with one attached hydrogen (secondary N) is 2. The largest absolute Gasteiger partial charge is 0.378 e. The van der Waals surface area contributed by atoms with Crippen molar-refractivity contribution < 1.29 is 9.53 Å². The predicted octanol–water partition coefficient (Wildman–Crippen LogP) is 0.226. The van der Waals surface area contributed by atoms with Crippen LogP contribution in [-0.4, -0.2) is 65.2 Å². The fourth-order valence-electron chi connectivity index (χ4n) is 1.84. The minimum absolute atomic E-state index is 0.0177. The number of aromatic nitrogens is 3. The van der Waals surface area contributed by atoms with Gasteiger partial charge in [-0.25, -0.2) is 0 Å². The Labute approximate surface area is 121 Å². The fraction of sp³-hybridized carbons (Fsp3) is 0.636. The van der Waals surface area contributed by atoms with Gasteiger partial charge in [0.15, 0.2) is 0 Å². The normalized spacial score (nSPS) is 16.6. The van der Waals surface area contributed by atoms with Gasteiger partial charge in [0.05, 0.1) is 13.2 Å². The highest BCUT2D eigenvalue weighted by atomic mass is 35.5. The van der Waals surface area contributed by atoms with E-state index in [0.29, 0.717) is 32.3 Å². The summed E-state index contributed by atoms with van der Waals surface area (Å²) in [4.78, 5) is 25.9. The molecule has 0 saturated carbocycles. The van der Waals surface area contributed by atoms with Crippen LogP contribution in [-0.2, 0) is 9.53 Å². The van der Waals surface area contributed by atoms with E-state index >= 15 is 0 Å². The Morgan fingerprint density at radius 1 is 1.30 bits per heavy atom. The lowest BCUT2D eigenvalue weighted by Gasteiger charge is -2.29. The number of rotatable bonds is 4. The Bertz CT molecular complexity index is 480. The Kier molecular flexibility index (Phi) is 4.91. The summed E-state index contributed by atoms with van der Waals surface area (Å²) in [5.41, 5.74) is 0. The van der Waals surface area contributed by atoms with Crippen LogP contribution in [0.25, 0.3) is 0 Å². The van der Waals surface area contributed by atoms with Gasteiger partial charge in [0.25, 0.3) is 0 Å². The molecule has 1 aliphatic rings. The van der Waals surface area contributed by atoms with Crippen LogP contribution in [0, 0.1) is 0 Å². The molecule has 2 N–H and O–H groups in total. The van der Waals surface area contributed by atoms with Crippen LogP contribution in [0.5, 0.6) is 0 Å². The highest BCUT2D eigenvalue weighted by Crippen LogP contribution is 2.11. The fourth-order valence-corrected chi connectivity index (χ4v) is 2.00. The molecule has 20 heavy (non-hydrogen) atoms. The minimum atomic E-state index is -0.448. The van der Waals surface area contributed by atoms with Gasteiger partial charge in [0, 0.05) is 20.1 Å². The molecule has 0 aliphatic carbocycles. The standard InChI is InChI=1S/C11H17ClN6O2/c1-7(8(19)18-3-5-20-6-4-18)14-11-16-9(12)15-10(13-2)17-11/h7H,3-6H2,1-2H3,(H2,13,14,15,16,17). The topological polar surface area (TPSA) is 92.3 Å². The molecule has 1 aromatic heterocycles. The number of anilines is 2. The van der Waals surface area contributed by atoms with Crippen molar-refractivity contribution in [3.8, 4) is 0 Å². The van der Waals surface area contributed by atoms with Gasteiger partial charge in [-0.1, -0.05) is 0 Å². The lowest BCUT2D eigenvalue weighted by molar-refractivity contribution is -0.135. The Hall–Kier alpha value is -1.67. The molecule has 2 rings (SSSR count). The van der Waals surface area contributed by atoms with E-state index in [1.807, 2.05) is 0 Å². The van der Waals surface area contributed by atoms with Gasteiger partial charge in [0.2, 0.25) is 23.1 Å². The number of hydrogen-bond acceptors (Lipinski definition) is 7. The second-order valence-electron chi connectivity index (χ2n) is 4.31. The molecular formula is C11H17ClN6O2. The van der Waals surface area contributed by atoms with Crippen molar-refractivity contribution >= 4 is 29.4 Å². The smallest absolute Gasteiger partial charge is 0.245 e. The summed E-state index contributed by atoms with van der Waals surface area (Å²) in [7, 11) is 1.68. The summed E-state index contributed by atoms with van der Waals surface area (Å²) in [5, 5.41) is 5.78. The lowest BCUT2D eigenvalue weighted by atomic mass is 10.2. The van der Waals surface area contributed by atoms with Gasteiger partial charge < -0.3 is 20.3 Å². The first kappa shape index (κ1) is 14.7. The van der Waals surface area contributed by atoms with E-state index in [9.17, 15) is 4.79 Å². The third-order valence-corrected chi connectivity index (χ3v) is 3.04. The monoisotopic (exact) mass is 300 g/mol. The van der Waals surface area contributed by atoms with E-state index in [-0.39, 0.29) is 17.1 Å². The Morgan fingerprint density at radius 2 is 1.95 bits per heavy atom. The molecule has 8 nitrogen and oxygen atoms in total. The van der Waals surface area contributed by atoms with Crippen LogP contribution < -0.4 is 10.6 Å². The molecule has 1 fully saturated rings. The van der Waals surface area contributed by atoms with Crippen LogP contribution in [0.2, 0.25) is 5.28 Å². The second-order valence-corrected chi connectivity index (χ2v) is 4.64. The number of amides is 1. The first-order chi connectivity index (χ1) is 9.60. The van der Waals surface area contributed by atoms with E-state index in [0.717, 1.165) is 0 Å². The molecule has 110 valence electrons. The second kappa shape index (κ2) is 6.67. The molecule has 1 aromatic rings. The summed E-state index contributed by atoms with van der Waals surface area (Å²) in [5.74, 6) is 0.595. The molecule has 1 aliphatic heterocycles. The zero-order valence-electron chi connectivity index (χ0n) is 11.4. The van der Waals surface area contributed by atoms with Crippen molar-refractivity contribution in [1.82, 2.24) is 19.9 Å². The zero-order chi connectivity index (χ0) is 14.5. The van der Waals surface area contributed by atoms with Crippen LogP contribution in [0.15, 0.2) is 0 Å². The SMILES string of the molecule is CNc1nc(Cl)nc(NC(C)C(=O)N2CCOCC2)n1. The van der Waals surface area contributed by atoms with Crippen molar-refractivity contribution in [2.45, 2.75) is 13.0 Å². The van der Waals surface area contributed by atoms with Gasteiger partial charge in [0.1, 0.15) is 6.04 Å². The van der Waals surface area contributed by atoms with Crippen molar-refractivity contribution in [3.05, 3.63) is 5.28 Å². The average molecular weight is 301 g/mol. The number of morpholine rings is 1. The van der Waals surface area contributed by atoms with Crippen LogP contribution >= 0.6 is 11.6 Å². The first-order valence-electron chi connectivity index (χ1n) is 6.32. The van der Waals surface area contributed by atoms with Gasteiger partial charge in [-0.05, 0) is 18.5 Å². The minimum Gasteiger partial charge on any atom is -0.378 e. The molecule has 1 atom stereocenters. The Balaban J connectivity index is 2.01. The Morgan fingerprint density at radius 3 is 2.60 bits per heavy atom. The predicted molar refractivity (Wildman–Crippen MR) is 74.9 cm³/mol. The maximum atomic E-state index is 12.2. The van der Waals surface area contributed by atoms with Gasteiger partial charge in [-0.15, -0.1) is 0 Å². The van der Waals surface area contributed by atoms with E-state index in [4.69, 9.17) is 16.3 Å². The number of nitrogens with zero attached hydrogens (tertiary/aromatic N) is 4. The van der Waals surface area contributed by atoms with E-state index in [2.05, 4.69) is 25.6 Å². The molecule has 0 spiro atoms. The number of carbonyl (C=O) groups is 1. The molecule has 0 bridgehead atoms. The van der Waals surface area contributed by atoms with Crippen LogP contribution in [0.4, 0.5) is 11.9 Å². The maximum Gasteiger partial charge on any atom is 0.245 e. The molecule has 1 saturated heterocycles. The van der Waals surface area contributed by atoms with E-state index in [1.54, 1.807) is 18.9 Å². The van der Waals surface area contributed by atoms with Crippen LogP contribution in [0.3, 0.4) is 0 Å². The third-order valence-electron chi connectivity index (χ3n) is 2.87. The summed E-state index contributed by atoms with van der Waals surface area (Å²) in [6, 6.07) is -0.448. The molecule has 1 amide bonds. The van der Waals surface area contributed by atoms with Crippen molar-refractivity contribution in [2.24, 2.45) is 0 Å². The van der Waals surface area contributed by atoms with Gasteiger partial charge in [-0.3, -0.25) is 4.79 Å². The van der Waals surface area contributed by atoms with Crippen molar-refractivity contribution in [2.75, 3.05) is 44.0 Å². The highest BCUT2D eigenvalue weighted by molar-refractivity contribution is 6.28. The number of ether oxygens (including phenoxy) is 1. The van der Waals surface area contributed by atoms with Crippen LogP contribution in [0.1, 0.15) is 6.92 Å². The number of halogens is 1. The zero-order valence-corrected chi connectivity index (χ0v) is 12.1. The third kappa shape index (κ3) is 3.67. The molecule has 1 unspecified atom stereocenters. The summed E-state index contributed by atoms with van der Waals surface area (Å²) < 4.78 is 5.22. The average Bonchev–Trinajstić information content (AvgIpc) is 2.46. The quantitative estimate of drug-likeness (QED) is 0.822. The number of hydrogen-bond donors (Lipinski definition) is 2. The van der Waals surface area contributed by atoms with E-state index < -0.39 is 6.04 Å². The molecule has 0 radical (unpaired) electrons. The molecule has 2 heterocycles. The molecule has 0 aromatic carbocycles. The van der Waals surface area contributed by atoms with Crippen molar-refractivity contribution in [3.63, 3.8) is 0 Å². The highest BCUT2D eigenvalue weighted by Gasteiger charge is 2.23.